The van der Waals surface area contributed by atoms with Gasteiger partial charge < -0.3 is 5.73 Å². The van der Waals surface area contributed by atoms with Crippen molar-refractivity contribution >= 4 is 15.9 Å². The van der Waals surface area contributed by atoms with Crippen LogP contribution in [0, 0.1) is 13.8 Å². The van der Waals surface area contributed by atoms with Crippen LogP contribution in [0.1, 0.15) is 61.8 Å². The summed E-state index contributed by atoms with van der Waals surface area (Å²) in [5, 5.41) is 0. The normalized spacial score (nSPS) is 12.8. The lowest BCUT2D eigenvalue weighted by Gasteiger charge is -2.16. The van der Waals surface area contributed by atoms with Crippen molar-refractivity contribution < 1.29 is 0 Å². The van der Waals surface area contributed by atoms with Gasteiger partial charge in [-0.05, 0) is 43.0 Å². The number of hydrogen-bond acceptors (Lipinski definition) is 1. The monoisotopic (exact) mass is 297 g/mol. The van der Waals surface area contributed by atoms with Crippen LogP contribution in [0.4, 0.5) is 0 Å². The predicted molar refractivity (Wildman–Crippen MR) is 79.3 cm³/mol. The molecule has 1 nitrogen and oxygen atoms in total. The molecule has 0 aliphatic heterocycles. The number of halogens is 1. The Bertz CT molecular complexity index is 360. The van der Waals surface area contributed by atoms with E-state index in [1.807, 2.05) is 0 Å². The van der Waals surface area contributed by atoms with Crippen LogP contribution in [-0.2, 0) is 0 Å². The summed E-state index contributed by atoms with van der Waals surface area (Å²) in [7, 11) is 0. The first-order chi connectivity index (χ1) is 8.06. The highest BCUT2D eigenvalue weighted by Crippen LogP contribution is 2.26. The molecule has 0 saturated heterocycles. The van der Waals surface area contributed by atoms with Crippen molar-refractivity contribution in [2.75, 3.05) is 0 Å². The Morgan fingerprint density at radius 3 is 2.47 bits per heavy atom. The molecule has 96 valence electrons. The molecule has 0 radical (unpaired) electrons. The minimum absolute atomic E-state index is 0.193. The fourth-order valence-corrected chi connectivity index (χ4v) is 2.61. The van der Waals surface area contributed by atoms with Gasteiger partial charge in [0.05, 0.1) is 0 Å². The molecule has 0 aliphatic carbocycles. The molecule has 2 N–H and O–H groups in total. The van der Waals surface area contributed by atoms with Gasteiger partial charge in [-0.2, -0.15) is 0 Å². The van der Waals surface area contributed by atoms with E-state index in [4.69, 9.17) is 5.73 Å². The Labute approximate surface area is 114 Å². The summed E-state index contributed by atoms with van der Waals surface area (Å²) in [6, 6.07) is 4.60. The molecule has 0 saturated carbocycles. The van der Waals surface area contributed by atoms with Gasteiger partial charge in [0.1, 0.15) is 0 Å². The topological polar surface area (TPSA) is 26.0 Å². The number of rotatable bonds is 6. The number of unbranched alkanes of at least 4 members (excludes halogenated alkanes) is 3. The van der Waals surface area contributed by atoms with E-state index in [2.05, 4.69) is 48.8 Å². The van der Waals surface area contributed by atoms with E-state index in [0.717, 1.165) is 6.42 Å². The van der Waals surface area contributed by atoms with Gasteiger partial charge in [0.25, 0.3) is 0 Å². The molecule has 1 aromatic rings. The second-order valence-corrected chi connectivity index (χ2v) is 5.77. The first kappa shape index (κ1) is 14.7. The van der Waals surface area contributed by atoms with Crippen LogP contribution in [0.15, 0.2) is 16.6 Å². The average Bonchev–Trinajstić information content (AvgIpc) is 2.29. The minimum Gasteiger partial charge on any atom is -0.324 e. The zero-order valence-electron chi connectivity index (χ0n) is 11.2. The van der Waals surface area contributed by atoms with Crippen molar-refractivity contribution in [3.05, 3.63) is 33.3 Å². The third-order valence-corrected chi connectivity index (χ3v) is 4.17. The van der Waals surface area contributed by atoms with Crippen molar-refractivity contribution in [2.24, 2.45) is 5.73 Å². The Morgan fingerprint density at radius 1 is 1.12 bits per heavy atom. The Balaban J connectivity index is 2.62. The molecular formula is C15H24BrN. The highest BCUT2D eigenvalue weighted by atomic mass is 79.9. The molecule has 1 aromatic carbocycles. The Morgan fingerprint density at radius 2 is 1.82 bits per heavy atom. The van der Waals surface area contributed by atoms with Crippen molar-refractivity contribution in [3.63, 3.8) is 0 Å². The number of benzene rings is 1. The average molecular weight is 298 g/mol. The predicted octanol–water partition coefficient (Wildman–Crippen LogP) is 5.04. The molecule has 2 heteroatoms. The van der Waals surface area contributed by atoms with Crippen molar-refractivity contribution in [3.8, 4) is 0 Å². The van der Waals surface area contributed by atoms with E-state index in [-0.39, 0.29) is 6.04 Å². The zero-order chi connectivity index (χ0) is 12.8. The Kier molecular flexibility index (Phi) is 6.21. The van der Waals surface area contributed by atoms with E-state index in [9.17, 15) is 0 Å². The van der Waals surface area contributed by atoms with Gasteiger partial charge in [-0.3, -0.25) is 0 Å². The quantitative estimate of drug-likeness (QED) is 0.732. The molecule has 1 atom stereocenters. The van der Waals surface area contributed by atoms with Crippen LogP contribution in [-0.4, -0.2) is 0 Å². The largest absolute Gasteiger partial charge is 0.324 e. The molecular weight excluding hydrogens is 274 g/mol. The lowest BCUT2D eigenvalue weighted by molar-refractivity contribution is 0.564. The molecule has 1 unspecified atom stereocenters. The van der Waals surface area contributed by atoms with E-state index in [0.29, 0.717) is 0 Å². The molecule has 0 aromatic heterocycles. The van der Waals surface area contributed by atoms with Gasteiger partial charge in [-0.1, -0.05) is 54.6 Å². The standard InChI is InChI=1S/C15H24BrN/c1-4-5-6-7-8-15(17)13-9-12(3)14(16)10-11(13)2/h9-10,15H,4-8,17H2,1-3H3. The third kappa shape index (κ3) is 4.44. The zero-order valence-corrected chi connectivity index (χ0v) is 12.8. The van der Waals surface area contributed by atoms with Crippen LogP contribution in [0.3, 0.4) is 0 Å². The fraction of sp³-hybridized carbons (Fsp3) is 0.600. The summed E-state index contributed by atoms with van der Waals surface area (Å²) in [4.78, 5) is 0. The van der Waals surface area contributed by atoms with E-state index < -0.39 is 0 Å². The maximum Gasteiger partial charge on any atom is 0.0297 e. The van der Waals surface area contributed by atoms with Gasteiger partial charge in [0.2, 0.25) is 0 Å². The van der Waals surface area contributed by atoms with E-state index in [1.165, 1.54) is 46.8 Å². The summed E-state index contributed by atoms with van der Waals surface area (Å²) in [6.07, 6.45) is 6.25. The molecule has 0 aliphatic rings. The molecule has 0 bridgehead atoms. The molecule has 1 rings (SSSR count). The van der Waals surface area contributed by atoms with Gasteiger partial charge in [0.15, 0.2) is 0 Å². The number of aryl methyl sites for hydroxylation is 2. The minimum atomic E-state index is 0.193. The fourth-order valence-electron chi connectivity index (χ4n) is 2.15. The maximum atomic E-state index is 6.28. The smallest absolute Gasteiger partial charge is 0.0297 e. The second kappa shape index (κ2) is 7.17. The summed E-state index contributed by atoms with van der Waals surface area (Å²) >= 11 is 3.56. The summed E-state index contributed by atoms with van der Waals surface area (Å²) in [6.45, 7) is 6.50. The summed E-state index contributed by atoms with van der Waals surface area (Å²) in [5.74, 6) is 0. The highest BCUT2D eigenvalue weighted by Gasteiger charge is 2.10. The first-order valence-electron chi connectivity index (χ1n) is 6.58. The van der Waals surface area contributed by atoms with Crippen molar-refractivity contribution in [1.29, 1.82) is 0 Å². The molecule has 0 fully saturated rings. The maximum absolute atomic E-state index is 6.28. The summed E-state index contributed by atoms with van der Waals surface area (Å²) in [5.41, 5.74) is 10.2. The van der Waals surface area contributed by atoms with Crippen molar-refractivity contribution in [2.45, 2.75) is 58.9 Å². The van der Waals surface area contributed by atoms with E-state index >= 15 is 0 Å². The van der Waals surface area contributed by atoms with Crippen LogP contribution in [0.5, 0.6) is 0 Å². The number of nitrogens with two attached hydrogens (primary N) is 1. The second-order valence-electron chi connectivity index (χ2n) is 4.91. The van der Waals surface area contributed by atoms with E-state index in [1.54, 1.807) is 0 Å². The Hall–Kier alpha value is -0.340. The van der Waals surface area contributed by atoms with Gasteiger partial charge in [0, 0.05) is 10.5 Å². The molecule has 0 amide bonds. The number of hydrogen-bond donors (Lipinski definition) is 1. The van der Waals surface area contributed by atoms with Crippen molar-refractivity contribution in [1.82, 2.24) is 0 Å². The van der Waals surface area contributed by atoms with Crippen LogP contribution in [0.25, 0.3) is 0 Å². The van der Waals surface area contributed by atoms with Gasteiger partial charge in [-0.25, -0.2) is 0 Å². The summed E-state index contributed by atoms with van der Waals surface area (Å²) < 4.78 is 1.18. The van der Waals surface area contributed by atoms with Crippen LogP contribution < -0.4 is 5.73 Å². The third-order valence-electron chi connectivity index (χ3n) is 3.32. The molecule has 0 heterocycles. The van der Waals surface area contributed by atoms with Crippen LogP contribution >= 0.6 is 15.9 Å². The highest BCUT2D eigenvalue weighted by molar-refractivity contribution is 9.10. The molecule has 0 spiro atoms. The van der Waals surface area contributed by atoms with Crippen LogP contribution in [0.2, 0.25) is 0 Å². The molecule has 17 heavy (non-hydrogen) atoms. The SMILES string of the molecule is CCCCCCC(N)c1cc(C)c(Br)cc1C. The lowest BCUT2D eigenvalue weighted by Crippen LogP contribution is -2.12. The first-order valence-corrected chi connectivity index (χ1v) is 7.37. The van der Waals surface area contributed by atoms with Gasteiger partial charge >= 0.3 is 0 Å². The lowest BCUT2D eigenvalue weighted by atomic mass is 9.95. The van der Waals surface area contributed by atoms with Gasteiger partial charge in [-0.15, -0.1) is 0 Å².